The van der Waals surface area contributed by atoms with Crippen LogP contribution in [0.15, 0.2) is 0 Å². The molecule has 0 aromatic rings. The van der Waals surface area contributed by atoms with Crippen LogP contribution in [0.2, 0.25) is 0 Å². The van der Waals surface area contributed by atoms with Crippen molar-refractivity contribution in [3.8, 4) is 0 Å². The van der Waals surface area contributed by atoms with Crippen LogP contribution in [0, 0.1) is 5.92 Å². The summed E-state index contributed by atoms with van der Waals surface area (Å²) in [4.78, 5) is 10.5. The van der Waals surface area contributed by atoms with Gasteiger partial charge in [-0.3, -0.25) is 4.79 Å². The Kier molecular flexibility index (Phi) is 10.1. The van der Waals surface area contributed by atoms with E-state index in [-0.39, 0.29) is 24.8 Å². The second-order valence-electron chi connectivity index (χ2n) is 2.61. The normalized spacial score (nSPS) is 9.36. The zero-order valence-corrected chi connectivity index (χ0v) is 6.76. The first kappa shape index (κ1) is 13.6. The minimum atomic E-state index is -0.635. The average Bonchev–Trinajstić information content (AvgIpc) is 1.87. The molecule has 0 aliphatic heterocycles. The number of carbonyl (C=O) groups is 1. The predicted molar refractivity (Wildman–Crippen MR) is 48.1 cm³/mol. The van der Waals surface area contributed by atoms with Crippen molar-refractivity contribution in [1.29, 1.82) is 0 Å². The van der Waals surface area contributed by atoms with E-state index < -0.39 is 5.97 Å². The predicted octanol–water partition coefficient (Wildman–Crippen LogP) is 1.64. The summed E-state index contributed by atoms with van der Waals surface area (Å²) in [6.07, 6.45) is 3.58. The van der Waals surface area contributed by atoms with Crippen LogP contribution in [0.4, 0.5) is 0 Å². The summed E-state index contributed by atoms with van der Waals surface area (Å²) in [6.45, 7) is 4.04. The average molecular weight is 152 g/mol. The standard InChI is InChI=1S/C8H16O2.Li.H/c1-3-5-7(6-4-2)8(9)10;;/h7H,3-6H2,1-2H3,(H,9,10);;. The Balaban J connectivity index is 0. The van der Waals surface area contributed by atoms with E-state index in [4.69, 9.17) is 5.11 Å². The SMILES string of the molecule is CCCC(CCC)C(=O)O.[LiH]. The van der Waals surface area contributed by atoms with Crippen molar-refractivity contribution in [2.75, 3.05) is 0 Å². The number of carboxylic acid groups (broad SMARTS) is 1. The fourth-order valence-corrected chi connectivity index (χ4v) is 1.09. The van der Waals surface area contributed by atoms with E-state index >= 15 is 0 Å². The molecule has 0 atom stereocenters. The molecule has 0 heterocycles. The van der Waals surface area contributed by atoms with Gasteiger partial charge >= 0.3 is 24.8 Å². The summed E-state index contributed by atoms with van der Waals surface area (Å²) < 4.78 is 0. The van der Waals surface area contributed by atoms with Crippen LogP contribution < -0.4 is 0 Å². The van der Waals surface area contributed by atoms with Gasteiger partial charge in [-0.25, -0.2) is 0 Å². The third kappa shape index (κ3) is 6.46. The molecule has 0 spiro atoms. The van der Waals surface area contributed by atoms with Crippen LogP contribution in [0.3, 0.4) is 0 Å². The van der Waals surface area contributed by atoms with Gasteiger partial charge in [-0.15, -0.1) is 0 Å². The topological polar surface area (TPSA) is 37.3 Å². The first-order valence-electron chi connectivity index (χ1n) is 3.95. The van der Waals surface area contributed by atoms with Crippen LogP contribution >= 0.6 is 0 Å². The molecule has 0 bridgehead atoms. The zero-order valence-electron chi connectivity index (χ0n) is 6.76. The van der Waals surface area contributed by atoms with Crippen LogP contribution in [0.25, 0.3) is 0 Å². The third-order valence-electron chi connectivity index (χ3n) is 1.62. The molecule has 62 valence electrons. The Morgan fingerprint density at radius 2 is 1.64 bits per heavy atom. The van der Waals surface area contributed by atoms with E-state index in [2.05, 4.69) is 0 Å². The Bertz CT molecular complexity index is 98.3. The molecule has 3 heteroatoms. The molecule has 0 aromatic heterocycles. The fourth-order valence-electron chi connectivity index (χ4n) is 1.09. The van der Waals surface area contributed by atoms with Crippen LogP contribution in [0.5, 0.6) is 0 Å². The summed E-state index contributed by atoms with van der Waals surface area (Å²) in [6, 6.07) is 0. The van der Waals surface area contributed by atoms with E-state index in [1.54, 1.807) is 0 Å². The maximum absolute atomic E-state index is 10.5. The van der Waals surface area contributed by atoms with Crippen molar-refractivity contribution >= 4 is 24.8 Å². The number of hydrogen-bond donors (Lipinski definition) is 1. The van der Waals surface area contributed by atoms with Gasteiger partial charge in [0.15, 0.2) is 0 Å². The van der Waals surface area contributed by atoms with Crippen LogP contribution in [0.1, 0.15) is 39.5 Å². The Labute approximate surface area is 80.5 Å². The van der Waals surface area contributed by atoms with Gasteiger partial charge in [0, 0.05) is 0 Å². The van der Waals surface area contributed by atoms with E-state index in [0.29, 0.717) is 0 Å². The van der Waals surface area contributed by atoms with Gasteiger partial charge < -0.3 is 5.11 Å². The molecule has 0 rings (SSSR count). The van der Waals surface area contributed by atoms with E-state index in [1.165, 1.54) is 0 Å². The van der Waals surface area contributed by atoms with Gasteiger partial charge in [-0.2, -0.15) is 0 Å². The molecular weight excluding hydrogens is 135 g/mol. The molecule has 0 fully saturated rings. The van der Waals surface area contributed by atoms with Crippen molar-refractivity contribution in [3.63, 3.8) is 0 Å². The van der Waals surface area contributed by atoms with E-state index in [0.717, 1.165) is 25.7 Å². The van der Waals surface area contributed by atoms with Crippen molar-refractivity contribution in [2.24, 2.45) is 5.92 Å². The molecule has 0 saturated carbocycles. The number of rotatable bonds is 5. The van der Waals surface area contributed by atoms with Crippen molar-refractivity contribution in [3.05, 3.63) is 0 Å². The first-order valence-corrected chi connectivity index (χ1v) is 3.95. The Morgan fingerprint density at radius 3 is 1.82 bits per heavy atom. The number of carboxylic acids is 1. The summed E-state index contributed by atoms with van der Waals surface area (Å²) in [5.41, 5.74) is 0. The molecule has 1 N–H and O–H groups in total. The maximum atomic E-state index is 10.5. The monoisotopic (exact) mass is 152 g/mol. The van der Waals surface area contributed by atoms with E-state index in [1.807, 2.05) is 13.8 Å². The molecule has 0 aliphatic carbocycles. The molecule has 0 saturated heterocycles. The van der Waals surface area contributed by atoms with Crippen LogP contribution in [-0.4, -0.2) is 29.9 Å². The summed E-state index contributed by atoms with van der Waals surface area (Å²) in [5, 5.41) is 8.64. The molecular formula is C8H17LiO2. The quantitative estimate of drug-likeness (QED) is 0.608. The Hall–Kier alpha value is 0.0674. The number of hydrogen-bond acceptors (Lipinski definition) is 1. The van der Waals surface area contributed by atoms with Crippen molar-refractivity contribution < 1.29 is 9.90 Å². The van der Waals surface area contributed by atoms with Gasteiger partial charge in [-0.1, -0.05) is 26.7 Å². The first-order chi connectivity index (χ1) is 4.72. The molecule has 0 aliphatic rings. The fraction of sp³-hybridized carbons (Fsp3) is 0.875. The van der Waals surface area contributed by atoms with Gasteiger partial charge in [0.25, 0.3) is 0 Å². The van der Waals surface area contributed by atoms with Gasteiger partial charge in [0.2, 0.25) is 0 Å². The summed E-state index contributed by atoms with van der Waals surface area (Å²) in [7, 11) is 0. The van der Waals surface area contributed by atoms with E-state index in [9.17, 15) is 4.79 Å². The number of aliphatic carboxylic acids is 1. The summed E-state index contributed by atoms with van der Waals surface area (Å²) in [5.74, 6) is -0.737. The zero-order chi connectivity index (χ0) is 7.98. The van der Waals surface area contributed by atoms with Gasteiger partial charge in [0.1, 0.15) is 0 Å². The van der Waals surface area contributed by atoms with Gasteiger partial charge in [0.05, 0.1) is 5.92 Å². The Morgan fingerprint density at radius 1 is 1.27 bits per heavy atom. The molecule has 2 nitrogen and oxygen atoms in total. The van der Waals surface area contributed by atoms with Crippen LogP contribution in [-0.2, 0) is 4.79 Å². The molecule has 0 radical (unpaired) electrons. The molecule has 11 heavy (non-hydrogen) atoms. The van der Waals surface area contributed by atoms with Gasteiger partial charge in [-0.05, 0) is 12.8 Å². The third-order valence-corrected chi connectivity index (χ3v) is 1.62. The molecule has 0 aromatic carbocycles. The second-order valence-corrected chi connectivity index (χ2v) is 2.61. The summed E-state index contributed by atoms with van der Waals surface area (Å²) >= 11 is 0. The molecule has 0 unspecified atom stereocenters. The second kappa shape index (κ2) is 8.17. The minimum absolute atomic E-state index is 0. The molecule has 0 amide bonds. The van der Waals surface area contributed by atoms with Crippen molar-refractivity contribution in [1.82, 2.24) is 0 Å². The van der Waals surface area contributed by atoms with Crippen molar-refractivity contribution in [2.45, 2.75) is 39.5 Å².